The van der Waals surface area contributed by atoms with E-state index in [-0.39, 0.29) is 17.3 Å². The third-order valence-corrected chi connectivity index (χ3v) is 3.69. The van der Waals surface area contributed by atoms with Gasteiger partial charge >= 0.3 is 0 Å². The van der Waals surface area contributed by atoms with Crippen LogP contribution in [0, 0.1) is 6.92 Å². The second-order valence-electron chi connectivity index (χ2n) is 4.72. The van der Waals surface area contributed by atoms with Gasteiger partial charge in [0, 0.05) is 24.7 Å². The minimum absolute atomic E-state index is 0.0198. The van der Waals surface area contributed by atoms with Gasteiger partial charge in [0.25, 0.3) is 5.91 Å². The highest BCUT2D eigenvalue weighted by Crippen LogP contribution is 2.23. The molecule has 17 heavy (non-hydrogen) atoms. The Morgan fingerprint density at radius 3 is 2.65 bits per heavy atom. The highest BCUT2D eigenvalue weighted by molar-refractivity contribution is 6.20. The highest BCUT2D eigenvalue weighted by atomic mass is 35.5. The van der Waals surface area contributed by atoms with E-state index < -0.39 is 0 Å². The molecule has 0 aliphatic heterocycles. The summed E-state index contributed by atoms with van der Waals surface area (Å²) in [6.45, 7) is 1.85. The van der Waals surface area contributed by atoms with Crippen molar-refractivity contribution < 1.29 is 4.79 Å². The van der Waals surface area contributed by atoms with Crippen LogP contribution in [0.25, 0.3) is 0 Å². The molecule has 1 fully saturated rings. The fourth-order valence-corrected chi connectivity index (χ4v) is 2.53. The number of carbonyl (C=O) groups is 1. The lowest BCUT2D eigenvalue weighted by molar-refractivity contribution is 0.0927. The number of hydrogen-bond acceptors (Lipinski definition) is 2. The Balaban J connectivity index is 1.95. The van der Waals surface area contributed by atoms with Crippen molar-refractivity contribution in [3.63, 3.8) is 0 Å². The van der Waals surface area contributed by atoms with Crippen LogP contribution in [0.4, 0.5) is 0 Å². The molecular formula is C12H18ClN3O. The van der Waals surface area contributed by atoms with Crippen molar-refractivity contribution in [3.8, 4) is 0 Å². The average molecular weight is 256 g/mol. The summed E-state index contributed by atoms with van der Waals surface area (Å²) < 4.78 is 1.67. The number of nitrogens with one attached hydrogen (secondary N) is 1. The molecule has 0 atom stereocenters. The van der Waals surface area contributed by atoms with Crippen molar-refractivity contribution >= 4 is 17.5 Å². The van der Waals surface area contributed by atoms with Crippen molar-refractivity contribution in [2.45, 2.75) is 44.0 Å². The van der Waals surface area contributed by atoms with E-state index in [9.17, 15) is 4.79 Å². The fraction of sp³-hybridized carbons (Fsp3) is 0.667. The van der Waals surface area contributed by atoms with Crippen molar-refractivity contribution in [3.05, 3.63) is 17.5 Å². The number of nitrogens with zero attached hydrogens (tertiary/aromatic N) is 2. The van der Waals surface area contributed by atoms with Crippen molar-refractivity contribution in [2.75, 3.05) is 0 Å². The molecule has 1 heterocycles. The molecule has 0 spiro atoms. The van der Waals surface area contributed by atoms with E-state index in [0.29, 0.717) is 5.56 Å². The Morgan fingerprint density at radius 2 is 2.12 bits per heavy atom. The fourth-order valence-electron chi connectivity index (χ4n) is 2.28. The summed E-state index contributed by atoms with van der Waals surface area (Å²) in [5.74, 6) is -0.0198. The monoisotopic (exact) mass is 255 g/mol. The average Bonchev–Trinajstić information content (AvgIpc) is 2.61. The Bertz CT molecular complexity index is 408. The molecule has 1 amide bonds. The van der Waals surface area contributed by atoms with Crippen molar-refractivity contribution in [1.82, 2.24) is 15.1 Å². The largest absolute Gasteiger partial charge is 0.349 e. The topological polar surface area (TPSA) is 46.9 Å². The van der Waals surface area contributed by atoms with Gasteiger partial charge in [-0.1, -0.05) is 0 Å². The molecule has 5 heteroatoms. The summed E-state index contributed by atoms with van der Waals surface area (Å²) in [4.78, 5) is 12.0. The van der Waals surface area contributed by atoms with Gasteiger partial charge in [-0.15, -0.1) is 11.6 Å². The maximum Gasteiger partial charge on any atom is 0.254 e. The summed E-state index contributed by atoms with van der Waals surface area (Å²) >= 11 is 6.04. The quantitative estimate of drug-likeness (QED) is 0.822. The number of hydrogen-bond donors (Lipinski definition) is 1. The first-order valence-corrected chi connectivity index (χ1v) is 6.45. The highest BCUT2D eigenvalue weighted by Gasteiger charge is 2.22. The van der Waals surface area contributed by atoms with Crippen LogP contribution >= 0.6 is 11.6 Å². The van der Waals surface area contributed by atoms with E-state index in [1.54, 1.807) is 10.9 Å². The zero-order chi connectivity index (χ0) is 12.4. The summed E-state index contributed by atoms with van der Waals surface area (Å²) in [5, 5.41) is 7.51. The summed E-state index contributed by atoms with van der Waals surface area (Å²) in [7, 11) is 1.82. The number of alkyl halides is 1. The predicted molar refractivity (Wildman–Crippen MR) is 67.3 cm³/mol. The summed E-state index contributed by atoms with van der Waals surface area (Å²) in [6, 6.07) is 0.261. The minimum atomic E-state index is -0.0198. The van der Waals surface area contributed by atoms with Gasteiger partial charge in [0.05, 0.1) is 11.3 Å². The number of halogens is 1. The molecule has 94 valence electrons. The zero-order valence-electron chi connectivity index (χ0n) is 10.2. The maximum absolute atomic E-state index is 12.0. The third-order valence-electron chi connectivity index (χ3n) is 3.25. The molecular weight excluding hydrogens is 238 g/mol. The van der Waals surface area contributed by atoms with Gasteiger partial charge < -0.3 is 5.32 Å². The first-order chi connectivity index (χ1) is 8.06. The first-order valence-electron chi connectivity index (χ1n) is 6.01. The number of aromatic nitrogens is 2. The zero-order valence-corrected chi connectivity index (χ0v) is 11.0. The Hall–Kier alpha value is -1.03. The van der Waals surface area contributed by atoms with Gasteiger partial charge in [-0.25, -0.2) is 0 Å². The van der Waals surface area contributed by atoms with E-state index in [4.69, 9.17) is 11.6 Å². The number of aryl methyl sites for hydroxylation is 2. The lowest BCUT2D eigenvalue weighted by Gasteiger charge is -2.25. The molecule has 4 nitrogen and oxygen atoms in total. The minimum Gasteiger partial charge on any atom is -0.349 e. The predicted octanol–water partition coefficient (Wildman–Crippen LogP) is 2.01. The standard InChI is InChI=1S/C12H18ClN3O/c1-8-11(7-16(2)15-8)12(17)14-10-5-3-9(13)4-6-10/h7,9-10H,3-6H2,1-2H3,(H,14,17). The molecule has 1 saturated carbocycles. The Kier molecular flexibility index (Phi) is 3.72. The van der Waals surface area contributed by atoms with Crippen molar-refractivity contribution in [1.29, 1.82) is 0 Å². The second-order valence-corrected chi connectivity index (χ2v) is 5.34. The molecule has 2 rings (SSSR count). The van der Waals surface area contributed by atoms with E-state index in [1.165, 1.54) is 0 Å². The molecule has 1 N–H and O–H groups in total. The molecule has 1 aromatic rings. The van der Waals surface area contributed by atoms with Gasteiger partial charge in [0.15, 0.2) is 0 Å². The van der Waals surface area contributed by atoms with Crippen LogP contribution in [-0.2, 0) is 7.05 Å². The molecule has 1 aliphatic rings. The van der Waals surface area contributed by atoms with Crippen LogP contribution < -0.4 is 5.32 Å². The smallest absolute Gasteiger partial charge is 0.254 e. The first kappa shape index (κ1) is 12.4. The van der Waals surface area contributed by atoms with Crippen LogP contribution in [0.1, 0.15) is 41.7 Å². The van der Waals surface area contributed by atoms with Gasteiger partial charge in [0.1, 0.15) is 0 Å². The lowest BCUT2D eigenvalue weighted by atomic mass is 9.95. The number of amides is 1. The molecule has 0 bridgehead atoms. The number of rotatable bonds is 2. The van der Waals surface area contributed by atoms with E-state index >= 15 is 0 Å². The van der Waals surface area contributed by atoms with E-state index in [0.717, 1.165) is 31.4 Å². The van der Waals surface area contributed by atoms with Gasteiger partial charge in [0.2, 0.25) is 0 Å². The third kappa shape index (κ3) is 3.00. The second kappa shape index (κ2) is 5.08. The van der Waals surface area contributed by atoms with Gasteiger partial charge in [-0.05, 0) is 32.6 Å². The SMILES string of the molecule is Cc1nn(C)cc1C(=O)NC1CCC(Cl)CC1. The molecule has 0 radical (unpaired) electrons. The van der Waals surface area contributed by atoms with Crippen LogP contribution in [0.5, 0.6) is 0 Å². The normalized spacial score (nSPS) is 24.6. The van der Waals surface area contributed by atoms with Crippen LogP contribution in [-0.4, -0.2) is 27.1 Å². The molecule has 0 aromatic carbocycles. The number of carbonyl (C=O) groups excluding carboxylic acids is 1. The summed E-state index contributed by atoms with van der Waals surface area (Å²) in [5.41, 5.74) is 1.44. The van der Waals surface area contributed by atoms with Gasteiger partial charge in [-0.3, -0.25) is 9.48 Å². The Morgan fingerprint density at radius 1 is 1.47 bits per heavy atom. The Labute approximate surface area is 106 Å². The van der Waals surface area contributed by atoms with Crippen LogP contribution in [0.2, 0.25) is 0 Å². The van der Waals surface area contributed by atoms with Crippen LogP contribution in [0.15, 0.2) is 6.20 Å². The van der Waals surface area contributed by atoms with E-state index in [2.05, 4.69) is 10.4 Å². The summed E-state index contributed by atoms with van der Waals surface area (Å²) in [6.07, 6.45) is 5.67. The van der Waals surface area contributed by atoms with Crippen LogP contribution in [0.3, 0.4) is 0 Å². The molecule has 1 aliphatic carbocycles. The van der Waals surface area contributed by atoms with E-state index in [1.807, 2.05) is 14.0 Å². The van der Waals surface area contributed by atoms with Gasteiger partial charge in [-0.2, -0.15) is 5.10 Å². The lowest BCUT2D eigenvalue weighted by Crippen LogP contribution is -2.37. The van der Waals surface area contributed by atoms with Crippen molar-refractivity contribution in [2.24, 2.45) is 7.05 Å². The molecule has 1 aromatic heterocycles. The molecule has 0 saturated heterocycles. The maximum atomic E-state index is 12.0. The molecule has 0 unspecified atom stereocenters.